The van der Waals surface area contributed by atoms with Gasteiger partial charge >= 0.3 is 0 Å². The van der Waals surface area contributed by atoms with Gasteiger partial charge in [-0.3, -0.25) is 4.79 Å². The number of thioether (sulfide) groups is 1. The maximum absolute atomic E-state index is 11.6. The van der Waals surface area contributed by atoms with Crippen LogP contribution in [-0.2, 0) is 4.79 Å². The molecule has 0 unspecified atom stereocenters. The second-order valence-corrected chi connectivity index (χ2v) is 5.07. The SMILES string of the molecule is O=C(C[NH+]1CCSCC1)N/N=C\c1ccco1. The summed E-state index contributed by atoms with van der Waals surface area (Å²) < 4.78 is 5.06. The topological polar surface area (TPSA) is 59.0 Å². The van der Waals surface area contributed by atoms with Gasteiger partial charge in [-0.15, -0.1) is 0 Å². The molecule has 17 heavy (non-hydrogen) atoms. The molecule has 0 aliphatic carbocycles. The molecule has 92 valence electrons. The fourth-order valence-corrected chi connectivity index (χ4v) is 2.71. The summed E-state index contributed by atoms with van der Waals surface area (Å²) in [6.45, 7) is 2.61. The highest BCUT2D eigenvalue weighted by atomic mass is 32.2. The number of carbonyl (C=O) groups excluding carboxylic acids is 1. The van der Waals surface area contributed by atoms with Crippen molar-refractivity contribution in [3.05, 3.63) is 24.2 Å². The Morgan fingerprint density at radius 1 is 1.59 bits per heavy atom. The molecule has 1 amide bonds. The summed E-state index contributed by atoms with van der Waals surface area (Å²) in [5.41, 5.74) is 2.51. The Hall–Kier alpha value is -1.27. The first-order valence-corrected chi connectivity index (χ1v) is 6.77. The number of carbonyl (C=O) groups is 1. The van der Waals surface area contributed by atoms with Crippen LogP contribution in [0.1, 0.15) is 5.76 Å². The van der Waals surface area contributed by atoms with Crippen LogP contribution >= 0.6 is 11.8 Å². The number of hydrogen-bond donors (Lipinski definition) is 2. The highest BCUT2D eigenvalue weighted by Crippen LogP contribution is 1.97. The molecule has 0 radical (unpaired) electrons. The maximum atomic E-state index is 11.6. The molecule has 2 heterocycles. The summed E-state index contributed by atoms with van der Waals surface area (Å²) in [6.07, 6.45) is 3.07. The average molecular weight is 254 g/mol. The van der Waals surface area contributed by atoms with Crippen molar-refractivity contribution in [3.8, 4) is 0 Å². The molecule has 1 aromatic rings. The molecule has 1 aromatic heterocycles. The second-order valence-electron chi connectivity index (χ2n) is 3.85. The minimum Gasteiger partial charge on any atom is -0.463 e. The predicted octanol–water partition coefficient (Wildman–Crippen LogP) is -0.639. The Bertz CT molecular complexity index is 372. The third kappa shape index (κ3) is 4.24. The standard InChI is InChI=1S/C11H15N3O2S/c15-11(9-14-3-6-17-7-4-14)13-12-8-10-2-1-5-16-10/h1-2,5,8H,3-4,6-7,9H2,(H,13,15)/p+1/b12-8-. The lowest BCUT2D eigenvalue weighted by Gasteiger charge is -2.21. The van der Waals surface area contributed by atoms with Gasteiger partial charge in [-0.25, -0.2) is 5.43 Å². The van der Waals surface area contributed by atoms with Crippen LogP contribution < -0.4 is 10.3 Å². The van der Waals surface area contributed by atoms with Crippen molar-refractivity contribution in [1.82, 2.24) is 5.43 Å². The molecule has 5 nitrogen and oxygen atoms in total. The lowest BCUT2D eigenvalue weighted by molar-refractivity contribution is -0.888. The summed E-state index contributed by atoms with van der Waals surface area (Å²) >= 11 is 1.95. The van der Waals surface area contributed by atoms with Crippen molar-refractivity contribution < 1.29 is 14.1 Å². The van der Waals surface area contributed by atoms with E-state index < -0.39 is 0 Å². The molecule has 1 aliphatic rings. The van der Waals surface area contributed by atoms with Crippen LogP contribution in [0.4, 0.5) is 0 Å². The number of nitrogens with zero attached hydrogens (tertiary/aromatic N) is 1. The number of furan rings is 1. The van der Waals surface area contributed by atoms with Crippen molar-refractivity contribution >= 4 is 23.9 Å². The van der Waals surface area contributed by atoms with Gasteiger partial charge in [0.1, 0.15) is 5.76 Å². The summed E-state index contributed by atoms with van der Waals surface area (Å²) in [5.74, 6) is 2.86. The first-order valence-electron chi connectivity index (χ1n) is 5.61. The number of hydrogen-bond acceptors (Lipinski definition) is 4. The van der Waals surface area contributed by atoms with Crippen LogP contribution in [0.15, 0.2) is 27.9 Å². The van der Waals surface area contributed by atoms with Gasteiger partial charge in [-0.05, 0) is 12.1 Å². The molecule has 1 saturated heterocycles. The van der Waals surface area contributed by atoms with E-state index in [4.69, 9.17) is 4.42 Å². The van der Waals surface area contributed by atoms with Gasteiger partial charge in [0.15, 0.2) is 6.54 Å². The van der Waals surface area contributed by atoms with E-state index in [2.05, 4.69) is 10.5 Å². The lowest BCUT2D eigenvalue weighted by atomic mass is 10.4. The molecule has 2 N–H and O–H groups in total. The van der Waals surface area contributed by atoms with Crippen molar-refractivity contribution in [2.24, 2.45) is 5.10 Å². The Kier molecular flexibility index (Phi) is 4.63. The van der Waals surface area contributed by atoms with Crippen molar-refractivity contribution in [3.63, 3.8) is 0 Å². The highest BCUT2D eigenvalue weighted by Gasteiger charge is 2.16. The summed E-state index contributed by atoms with van der Waals surface area (Å²) in [7, 11) is 0. The molecular weight excluding hydrogens is 238 g/mol. The van der Waals surface area contributed by atoms with Crippen molar-refractivity contribution in [2.75, 3.05) is 31.1 Å². The molecule has 0 atom stereocenters. The second kappa shape index (κ2) is 6.46. The maximum Gasteiger partial charge on any atom is 0.295 e. The van der Waals surface area contributed by atoms with E-state index in [0.717, 1.165) is 24.6 Å². The van der Waals surface area contributed by atoms with Crippen LogP contribution in [0.3, 0.4) is 0 Å². The minimum absolute atomic E-state index is 0.0466. The largest absolute Gasteiger partial charge is 0.463 e. The van der Waals surface area contributed by atoms with E-state index >= 15 is 0 Å². The summed E-state index contributed by atoms with van der Waals surface area (Å²) in [5, 5.41) is 3.84. The van der Waals surface area contributed by atoms with Crippen LogP contribution in [0.2, 0.25) is 0 Å². The van der Waals surface area contributed by atoms with Gasteiger partial charge in [-0.2, -0.15) is 16.9 Å². The summed E-state index contributed by atoms with van der Waals surface area (Å²) in [6, 6.07) is 3.56. The molecule has 1 fully saturated rings. The van der Waals surface area contributed by atoms with E-state index in [1.807, 2.05) is 11.8 Å². The van der Waals surface area contributed by atoms with Gasteiger partial charge in [0, 0.05) is 11.5 Å². The first-order chi connectivity index (χ1) is 8.34. The van der Waals surface area contributed by atoms with E-state index in [0.29, 0.717) is 12.3 Å². The van der Waals surface area contributed by atoms with E-state index in [1.54, 1.807) is 18.4 Å². The lowest BCUT2D eigenvalue weighted by Crippen LogP contribution is -3.14. The number of rotatable bonds is 4. The third-order valence-electron chi connectivity index (χ3n) is 2.53. The average Bonchev–Trinajstić information content (AvgIpc) is 2.83. The van der Waals surface area contributed by atoms with E-state index in [9.17, 15) is 4.79 Å². The smallest absolute Gasteiger partial charge is 0.295 e. The van der Waals surface area contributed by atoms with E-state index in [1.165, 1.54) is 11.1 Å². The van der Waals surface area contributed by atoms with Gasteiger partial charge in [0.25, 0.3) is 5.91 Å². The number of amides is 1. The van der Waals surface area contributed by atoms with Crippen LogP contribution in [0.5, 0.6) is 0 Å². The van der Waals surface area contributed by atoms with Crippen molar-refractivity contribution in [1.29, 1.82) is 0 Å². The first kappa shape index (κ1) is 12.2. The van der Waals surface area contributed by atoms with Crippen LogP contribution in [-0.4, -0.2) is 43.3 Å². The van der Waals surface area contributed by atoms with Gasteiger partial charge in [-0.1, -0.05) is 0 Å². The van der Waals surface area contributed by atoms with Gasteiger partial charge in [0.05, 0.1) is 25.6 Å². The number of hydrazone groups is 1. The molecule has 6 heteroatoms. The van der Waals surface area contributed by atoms with Crippen molar-refractivity contribution in [2.45, 2.75) is 0 Å². The third-order valence-corrected chi connectivity index (χ3v) is 3.52. The summed E-state index contributed by atoms with van der Waals surface area (Å²) in [4.78, 5) is 12.9. The highest BCUT2D eigenvalue weighted by molar-refractivity contribution is 7.99. The number of nitrogens with one attached hydrogen (secondary N) is 2. The zero-order valence-corrected chi connectivity index (χ0v) is 10.3. The normalized spacial score (nSPS) is 17.4. The zero-order valence-electron chi connectivity index (χ0n) is 9.52. The molecule has 2 rings (SSSR count). The Balaban J connectivity index is 1.70. The van der Waals surface area contributed by atoms with Crippen LogP contribution in [0, 0.1) is 0 Å². The van der Waals surface area contributed by atoms with Crippen LogP contribution in [0.25, 0.3) is 0 Å². The predicted molar refractivity (Wildman–Crippen MR) is 67.3 cm³/mol. The zero-order chi connectivity index (χ0) is 11.9. The molecule has 1 aliphatic heterocycles. The quantitative estimate of drug-likeness (QED) is 0.555. The molecular formula is C11H16N3O2S+. The molecule has 0 spiro atoms. The molecule has 0 saturated carbocycles. The fourth-order valence-electron chi connectivity index (χ4n) is 1.64. The number of quaternary nitrogens is 1. The van der Waals surface area contributed by atoms with E-state index in [-0.39, 0.29) is 5.91 Å². The minimum atomic E-state index is -0.0466. The Labute approximate surface area is 104 Å². The van der Waals surface area contributed by atoms with Gasteiger partial charge < -0.3 is 9.32 Å². The fraction of sp³-hybridized carbons (Fsp3) is 0.455. The monoisotopic (exact) mass is 254 g/mol. The molecule has 0 bridgehead atoms. The Morgan fingerprint density at radius 3 is 3.12 bits per heavy atom. The molecule has 0 aromatic carbocycles. The Morgan fingerprint density at radius 2 is 2.41 bits per heavy atom. The van der Waals surface area contributed by atoms with Gasteiger partial charge in [0.2, 0.25) is 0 Å².